The molecular weight excluding hydrogens is 244 g/mol. The van der Waals surface area contributed by atoms with E-state index in [9.17, 15) is 9.59 Å². The molecule has 2 heterocycles. The van der Waals surface area contributed by atoms with Crippen LogP contribution < -0.4 is 0 Å². The Bertz CT molecular complexity index is 462. The minimum absolute atomic E-state index is 0.0984. The van der Waals surface area contributed by atoms with E-state index in [1.807, 2.05) is 0 Å². The molecule has 2 rings (SSSR count). The number of carboxylic acid groups (broad SMARTS) is 1. The predicted octanol–water partition coefficient (Wildman–Crippen LogP) is 2.04. The van der Waals surface area contributed by atoms with E-state index < -0.39 is 5.97 Å². The maximum absolute atomic E-state index is 12.2. The van der Waals surface area contributed by atoms with E-state index in [2.05, 4.69) is 11.9 Å². The molecule has 0 atom stereocenters. The van der Waals surface area contributed by atoms with Crippen molar-refractivity contribution >= 4 is 11.9 Å². The summed E-state index contributed by atoms with van der Waals surface area (Å²) < 4.78 is 0. The Morgan fingerprint density at radius 2 is 2.05 bits per heavy atom. The molecule has 0 radical (unpaired) electrons. The summed E-state index contributed by atoms with van der Waals surface area (Å²) >= 11 is 0. The molecule has 1 amide bonds. The number of hydrogen-bond donors (Lipinski definition) is 1. The van der Waals surface area contributed by atoms with Crippen molar-refractivity contribution in [3.63, 3.8) is 0 Å². The molecule has 0 bridgehead atoms. The van der Waals surface area contributed by atoms with Crippen LogP contribution >= 0.6 is 0 Å². The van der Waals surface area contributed by atoms with E-state index in [0.717, 1.165) is 32.4 Å². The Kier molecular flexibility index (Phi) is 4.14. The number of carboxylic acids is 1. The van der Waals surface area contributed by atoms with Gasteiger partial charge in [0.15, 0.2) is 0 Å². The minimum atomic E-state index is -1.03. The van der Waals surface area contributed by atoms with Gasteiger partial charge in [-0.3, -0.25) is 9.78 Å². The van der Waals surface area contributed by atoms with Crippen molar-refractivity contribution in [2.45, 2.75) is 26.2 Å². The second kappa shape index (κ2) is 5.82. The third-order valence-electron chi connectivity index (χ3n) is 3.71. The highest BCUT2D eigenvalue weighted by Gasteiger charge is 2.23. The summed E-state index contributed by atoms with van der Waals surface area (Å²) in [7, 11) is 0. The smallest absolute Gasteiger partial charge is 0.337 e. The zero-order valence-corrected chi connectivity index (χ0v) is 11.0. The number of carbonyl (C=O) groups is 2. The SMILES string of the molecule is CCC1CCN(C(=O)c2ccc(C(=O)O)cn2)CC1. The molecule has 0 aromatic carbocycles. The fourth-order valence-electron chi connectivity index (χ4n) is 2.35. The number of aromatic nitrogens is 1. The molecule has 0 aliphatic carbocycles. The zero-order valence-electron chi connectivity index (χ0n) is 11.0. The van der Waals surface area contributed by atoms with Crippen LogP contribution in [0.25, 0.3) is 0 Å². The molecule has 19 heavy (non-hydrogen) atoms. The first-order valence-corrected chi connectivity index (χ1v) is 6.60. The van der Waals surface area contributed by atoms with Gasteiger partial charge in [-0.15, -0.1) is 0 Å². The van der Waals surface area contributed by atoms with Gasteiger partial charge in [-0.25, -0.2) is 4.79 Å². The largest absolute Gasteiger partial charge is 0.478 e. The van der Waals surface area contributed by atoms with Crippen LogP contribution in [0.3, 0.4) is 0 Å². The summed E-state index contributed by atoms with van der Waals surface area (Å²) in [6.07, 6.45) is 4.47. The third kappa shape index (κ3) is 3.10. The Morgan fingerprint density at radius 3 is 2.53 bits per heavy atom. The van der Waals surface area contributed by atoms with Gasteiger partial charge in [0.1, 0.15) is 5.69 Å². The number of piperidine rings is 1. The highest BCUT2D eigenvalue weighted by molar-refractivity contribution is 5.93. The first-order valence-electron chi connectivity index (χ1n) is 6.60. The summed E-state index contributed by atoms with van der Waals surface area (Å²) in [4.78, 5) is 28.7. The number of likely N-dealkylation sites (tertiary alicyclic amines) is 1. The lowest BCUT2D eigenvalue weighted by Crippen LogP contribution is -2.38. The number of pyridine rings is 1. The molecule has 1 fully saturated rings. The Balaban J connectivity index is 2.02. The van der Waals surface area contributed by atoms with E-state index in [1.54, 1.807) is 4.90 Å². The standard InChI is InChI=1S/C14H18N2O3/c1-2-10-5-7-16(8-6-10)13(17)12-4-3-11(9-15-12)14(18)19/h3-4,9-10H,2,5-8H2,1H3,(H,18,19). The first-order chi connectivity index (χ1) is 9.11. The summed E-state index contributed by atoms with van der Waals surface area (Å²) in [5.74, 6) is -0.423. The molecule has 1 saturated heterocycles. The van der Waals surface area contributed by atoms with Gasteiger partial charge in [-0.1, -0.05) is 13.3 Å². The molecule has 1 aromatic rings. The number of rotatable bonds is 3. The lowest BCUT2D eigenvalue weighted by atomic mass is 9.94. The van der Waals surface area contributed by atoms with E-state index in [0.29, 0.717) is 11.6 Å². The predicted molar refractivity (Wildman–Crippen MR) is 70.1 cm³/mol. The van der Waals surface area contributed by atoms with Gasteiger partial charge < -0.3 is 10.0 Å². The monoisotopic (exact) mass is 262 g/mol. The van der Waals surface area contributed by atoms with Crippen LogP contribution in [0.1, 0.15) is 47.0 Å². The summed E-state index contributed by atoms with van der Waals surface area (Å²) in [5, 5.41) is 8.78. The fourth-order valence-corrected chi connectivity index (χ4v) is 2.35. The number of aromatic carboxylic acids is 1. The highest BCUT2D eigenvalue weighted by atomic mass is 16.4. The maximum Gasteiger partial charge on any atom is 0.337 e. The molecule has 0 unspecified atom stereocenters. The molecule has 102 valence electrons. The summed E-state index contributed by atoms with van der Waals surface area (Å²) in [5.41, 5.74) is 0.418. The van der Waals surface area contributed by atoms with Crippen molar-refractivity contribution in [2.24, 2.45) is 5.92 Å². The normalized spacial score (nSPS) is 16.4. The molecule has 5 heteroatoms. The number of hydrogen-bond acceptors (Lipinski definition) is 3. The zero-order chi connectivity index (χ0) is 13.8. The van der Waals surface area contributed by atoms with Crippen molar-refractivity contribution in [1.82, 2.24) is 9.88 Å². The number of amides is 1. The number of nitrogens with zero attached hydrogens (tertiary/aromatic N) is 2. The van der Waals surface area contributed by atoms with E-state index in [-0.39, 0.29) is 11.5 Å². The molecule has 0 saturated carbocycles. The van der Waals surface area contributed by atoms with E-state index in [1.165, 1.54) is 18.3 Å². The van der Waals surface area contributed by atoms with Crippen LogP contribution in [0.15, 0.2) is 18.3 Å². The molecule has 1 aliphatic heterocycles. The van der Waals surface area contributed by atoms with Crippen LogP contribution in [0, 0.1) is 5.92 Å². The third-order valence-corrected chi connectivity index (χ3v) is 3.71. The van der Waals surface area contributed by atoms with Crippen molar-refractivity contribution in [3.05, 3.63) is 29.6 Å². The molecule has 5 nitrogen and oxygen atoms in total. The highest BCUT2D eigenvalue weighted by Crippen LogP contribution is 2.21. The van der Waals surface area contributed by atoms with Gasteiger partial charge >= 0.3 is 5.97 Å². The molecule has 1 aliphatic rings. The van der Waals surface area contributed by atoms with Gasteiger partial charge in [-0.05, 0) is 30.9 Å². The fraction of sp³-hybridized carbons (Fsp3) is 0.500. The lowest BCUT2D eigenvalue weighted by Gasteiger charge is -2.31. The average molecular weight is 262 g/mol. The Labute approximate surface area is 112 Å². The number of carbonyl (C=O) groups excluding carboxylic acids is 1. The van der Waals surface area contributed by atoms with Gasteiger partial charge in [0, 0.05) is 19.3 Å². The van der Waals surface area contributed by atoms with Crippen molar-refractivity contribution in [2.75, 3.05) is 13.1 Å². The molecule has 0 spiro atoms. The van der Waals surface area contributed by atoms with E-state index >= 15 is 0 Å². The second-order valence-electron chi connectivity index (χ2n) is 4.88. The Morgan fingerprint density at radius 1 is 1.37 bits per heavy atom. The quantitative estimate of drug-likeness (QED) is 0.905. The Hall–Kier alpha value is -1.91. The maximum atomic E-state index is 12.2. The van der Waals surface area contributed by atoms with Gasteiger partial charge in [0.2, 0.25) is 0 Å². The first kappa shape index (κ1) is 13.5. The van der Waals surface area contributed by atoms with Crippen molar-refractivity contribution in [3.8, 4) is 0 Å². The van der Waals surface area contributed by atoms with Gasteiger partial charge in [0.25, 0.3) is 5.91 Å². The van der Waals surface area contributed by atoms with Crippen LogP contribution in [0.5, 0.6) is 0 Å². The van der Waals surface area contributed by atoms with Crippen molar-refractivity contribution in [1.29, 1.82) is 0 Å². The average Bonchev–Trinajstić information content (AvgIpc) is 2.46. The van der Waals surface area contributed by atoms with E-state index in [4.69, 9.17) is 5.11 Å². The summed E-state index contributed by atoms with van der Waals surface area (Å²) in [6.45, 7) is 3.70. The molecular formula is C14H18N2O3. The lowest BCUT2D eigenvalue weighted by molar-refractivity contribution is 0.0673. The van der Waals surface area contributed by atoms with Crippen LogP contribution in [0.2, 0.25) is 0 Å². The van der Waals surface area contributed by atoms with Crippen LogP contribution in [-0.4, -0.2) is 40.0 Å². The molecule has 1 aromatic heterocycles. The van der Waals surface area contributed by atoms with Crippen LogP contribution in [0.4, 0.5) is 0 Å². The van der Waals surface area contributed by atoms with Gasteiger partial charge in [-0.2, -0.15) is 0 Å². The molecule has 1 N–H and O–H groups in total. The second-order valence-corrected chi connectivity index (χ2v) is 4.88. The topological polar surface area (TPSA) is 70.5 Å². The van der Waals surface area contributed by atoms with Crippen LogP contribution in [-0.2, 0) is 0 Å². The van der Waals surface area contributed by atoms with Crippen molar-refractivity contribution < 1.29 is 14.7 Å². The summed E-state index contributed by atoms with van der Waals surface area (Å²) in [6, 6.07) is 2.90. The van der Waals surface area contributed by atoms with Gasteiger partial charge in [0.05, 0.1) is 5.56 Å². The minimum Gasteiger partial charge on any atom is -0.478 e.